The zero-order chi connectivity index (χ0) is 14.2. The molecule has 1 heterocycles. The number of carbonyl (C=O) groups is 1. The van der Waals surface area contributed by atoms with Crippen LogP contribution in [0.4, 0.5) is 0 Å². The van der Waals surface area contributed by atoms with Crippen LogP contribution in [0.1, 0.15) is 6.42 Å². The summed E-state index contributed by atoms with van der Waals surface area (Å²) >= 11 is 5.84. The molecule has 2 unspecified atom stereocenters. The molecule has 0 aromatic heterocycles. The van der Waals surface area contributed by atoms with Crippen LogP contribution in [0.2, 0.25) is 5.02 Å². The number of aliphatic hydroxyl groups excluding tert-OH is 1. The fourth-order valence-corrected chi connectivity index (χ4v) is 4.18. The quantitative estimate of drug-likeness (QED) is 0.850. The normalized spacial score (nSPS) is 24.5. The molecule has 8 heteroatoms. The Labute approximate surface area is 115 Å². The Morgan fingerprint density at radius 1 is 1.37 bits per heavy atom. The van der Waals surface area contributed by atoms with Crippen LogP contribution in [-0.2, 0) is 14.8 Å². The van der Waals surface area contributed by atoms with E-state index in [0.717, 1.165) is 4.31 Å². The lowest BCUT2D eigenvalue weighted by Gasteiger charge is -2.21. The number of β-amino-alcohol motifs (C(OH)–C–C–N with tert-alkyl or cyclic N) is 1. The van der Waals surface area contributed by atoms with Crippen LogP contribution < -0.4 is 0 Å². The van der Waals surface area contributed by atoms with E-state index in [1.54, 1.807) is 6.07 Å². The fourth-order valence-electron chi connectivity index (χ4n) is 2.05. The number of carboxylic acids is 1. The third kappa shape index (κ3) is 2.59. The zero-order valence-corrected chi connectivity index (χ0v) is 11.3. The summed E-state index contributed by atoms with van der Waals surface area (Å²) in [6.45, 7) is -0.246. The van der Waals surface area contributed by atoms with Crippen molar-refractivity contribution in [3.8, 4) is 0 Å². The molecule has 2 atom stereocenters. The lowest BCUT2D eigenvalue weighted by Crippen LogP contribution is -2.40. The molecule has 1 aliphatic rings. The molecule has 1 fully saturated rings. The summed E-state index contributed by atoms with van der Waals surface area (Å²) in [5.74, 6) is -1.29. The van der Waals surface area contributed by atoms with Crippen LogP contribution in [0.15, 0.2) is 29.2 Å². The van der Waals surface area contributed by atoms with Crippen molar-refractivity contribution in [1.82, 2.24) is 4.31 Å². The summed E-state index contributed by atoms with van der Waals surface area (Å²) in [5, 5.41) is 18.5. The van der Waals surface area contributed by atoms with Gasteiger partial charge in [-0.1, -0.05) is 23.7 Å². The molecular formula is C11H12ClNO5S. The molecule has 2 N–H and O–H groups in total. The highest BCUT2D eigenvalue weighted by Gasteiger charge is 2.44. The Balaban J connectivity index is 2.45. The third-order valence-electron chi connectivity index (χ3n) is 2.94. The van der Waals surface area contributed by atoms with E-state index in [2.05, 4.69) is 0 Å². The summed E-state index contributed by atoms with van der Waals surface area (Å²) in [6, 6.07) is 4.53. The number of benzene rings is 1. The van der Waals surface area contributed by atoms with Crippen LogP contribution in [0.3, 0.4) is 0 Å². The maximum absolute atomic E-state index is 12.4. The number of aliphatic carboxylic acids is 1. The molecule has 1 aromatic rings. The van der Waals surface area contributed by atoms with E-state index >= 15 is 0 Å². The van der Waals surface area contributed by atoms with Crippen molar-refractivity contribution in [2.24, 2.45) is 0 Å². The van der Waals surface area contributed by atoms with Crippen LogP contribution in [0.5, 0.6) is 0 Å². The van der Waals surface area contributed by atoms with Gasteiger partial charge in [-0.25, -0.2) is 8.42 Å². The monoisotopic (exact) mass is 305 g/mol. The van der Waals surface area contributed by atoms with Crippen molar-refractivity contribution in [3.05, 3.63) is 29.3 Å². The van der Waals surface area contributed by atoms with Crippen molar-refractivity contribution in [1.29, 1.82) is 0 Å². The van der Waals surface area contributed by atoms with Gasteiger partial charge in [0.2, 0.25) is 10.0 Å². The predicted octanol–water partition coefficient (Wildman–Crippen LogP) is 0.548. The van der Waals surface area contributed by atoms with Crippen molar-refractivity contribution in [2.75, 3.05) is 6.54 Å². The molecule has 0 amide bonds. The minimum Gasteiger partial charge on any atom is -0.480 e. The minimum atomic E-state index is -4.04. The number of rotatable bonds is 3. The predicted molar refractivity (Wildman–Crippen MR) is 67.4 cm³/mol. The Morgan fingerprint density at radius 2 is 2.00 bits per heavy atom. The molecule has 6 nitrogen and oxygen atoms in total. The SMILES string of the molecule is O=C(O)C1CC(O)CN1S(=O)(=O)c1ccccc1Cl. The zero-order valence-electron chi connectivity index (χ0n) is 9.73. The average Bonchev–Trinajstić information content (AvgIpc) is 2.72. The minimum absolute atomic E-state index is 0.0213. The molecule has 1 aliphatic heterocycles. The van der Waals surface area contributed by atoms with Gasteiger partial charge >= 0.3 is 5.97 Å². The van der Waals surface area contributed by atoms with E-state index in [9.17, 15) is 18.3 Å². The van der Waals surface area contributed by atoms with Gasteiger partial charge in [-0.05, 0) is 12.1 Å². The molecule has 0 aliphatic carbocycles. The second-order valence-corrected chi connectivity index (χ2v) is 6.51. The summed E-state index contributed by atoms with van der Waals surface area (Å²) in [7, 11) is -4.04. The molecule has 2 rings (SSSR count). The number of halogens is 1. The van der Waals surface area contributed by atoms with Crippen molar-refractivity contribution >= 4 is 27.6 Å². The number of carboxylic acid groups (broad SMARTS) is 1. The van der Waals surface area contributed by atoms with Gasteiger partial charge in [0.1, 0.15) is 10.9 Å². The fraction of sp³-hybridized carbons (Fsp3) is 0.364. The Kier molecular flexibility index (Phi) is 3.82. The number of aliphatic hydroxyl groups is 1. The average molecular weight is 306 g/mol. The Bertz CT molecular complexity index is 603. The maximum atomic E-state index is 12.4. The molecule has 0 saturated carbocycles. The number of sulfonamides is 1. The molecule has 0 radical (unpaired) electrons. The van der Waals surface area contributed by atoms with Gasteiger partial charge in [0, 0.05) is 13.0 Å². The molecule has 0 spiro atoms. The lowest BCUT2D eigenvalue weighted by molar-refractivity contribution is -0.140. The van der Waals surface area contributed by atoms with Gasteiger partial charge in [0.15, 0.2) is 0 Å². The van der Waals surface area contributed by atoms with Gasteiger partial charge < -0.3 is 10.2 Å². The van der Waals surface area contributed by atoms with E-state index in [-0.39, 0.29) is 22.9 Å². The van der Waals surface area contributed by atoms with E-state index < -0.39 is 28.1 Å². The Morgan fingerprint density at radius 3 is 2.58 bits per heavy atom. The highest BCUT2D eigenvalue weighted by Crippen LogP contribution is 2.30. The lowest BCUT2D eigenvalue weighted by atomic mass is 10.2. The molecule has 1 saturated heterocycles. The second kappa shape index (κ2) is 5.09. The molecule has 104 valence electrons. The van der Waals surface area contributed by atoms with Gasteiger partial charge in [-0.2, -0.15) is 4.31 Å². The molecule has 1 aromatic carbocycles. The van der Waals surface area contributed by atoms with E-state index in [1.165, 1.54) is 18.2 Å². The smallest absolute Gasteiger partial charge is 0.322 e. The van der Waals surface area contributed by atoms with Crippen molar-refractivity contribution in [2.45, 2.75) is 23.5 Å². The van der Waals surface area contributed by atoms with Gasteiger partial charge in [-0.15, -0.1) is 0 Å². The number of nitrogens with zero attached hydrogens (tertiary/aromatic N) is 1. The van der Waals surface area contributed by atoms with Crippen molar-refractivity contribution < 1.29 is 23.4 Å². The highest BCUT2D eigenvalue weighted by molar-refractivity contribution is 7.89. The van der Waals surface area contributed by atoms with Gasteiger partial charge in [0.05, 0.1) is 11.1 Å². The summed E-state index contributed by atoms with van der Waals surface area (Å²) < 4.78 is 25.5. The summed E-state index contributed by atoms with van der Waals surface area (Å²) in [4.78, 5) is 10.9. The van der Waals surface area contributed by atoms with E-state index in [0.29, 0.717) is 0 Å². The van der Waals surface area contributed by atoms with Crippen LogP contribution in [0.25, 0.3) is 0 Å². The maximum Gasteiger partial charge on any atom is 0.322 e. The number of hydrogen-bond donors (Lipinski definition) is 2. The van der Waals surface area contributed by atoms with Gasteiger partial charge in [0.25, 0.3) is 0 Å². The van der Waals surface area contributed by atoms with E-state index in [1.807, 2.05) is 0 Å². The van der Waals surface area contributed by atoms with Gasteiger partial charge in [-0.3, -0.25) is 4.79 Å². The first kappa shape index (κ1) is 14.3. The molecule has 19 heavy (non-hydrogen) atoms. The first-order valence-corrected chi connectivity index (χ1v) is 7.33. The van der Waals surface area contributed by atoms with Crippen LogP contribution >= 0.6 is 11.6 Å². The topological polar surface area (TPSA) is 94.9 Å². The second-order valence-electron chi connectivity index (χ2n) is 4.25. The summed E-state index contributed by atoms with van der Waals surface area (Å²) in [5.41, 5.74) is 0. The Hall–Kier alpha value is -1.15. The highest BCUT2D eigenvalue weighted by atomic mass is 35.5. The third-order valence-corrected chi connectivity index (χ3v) is 5.32. The molecule has 0 bridgehead atoms. The number of hydrogen-bond acceptors (Lipinski definition) is 4. The first-order valence-electron chi connectivity index (χ1n) is 5.51. The van der Waals surface area contributed by atoms with Crippen LogP contribution in [0, 0.1) is 0 Å². The summed E-state index contributed by atoms with van der Waals surface area (Å²) in [6.07, 6.45) is -1.11. The largest absolute Gasteiger partial charge is 0.480 e. The van der Waals surface area contributed by atoms with E-state index in [4.69, 9.17) is 16.7 Å². The first-order chi connectivity index (χ1) is 8.84. The van der Waals surface area contributed by atoms with Crippen molar-refractivity contribution in [3.63, 3.8) is 0 Å². The molecular weight excluding hydrogens is 294 g/mol. The van der Waals surface area contributed by atoms with Crippen LogP contribution in [-0.4, -0.2) is 47.6 Å². The standard InChI is InChI=1S/C11H12ClNO5S/c12-8-3-1-2-4-10(8)19(17,18)13-6-7(14)5-9(13)11(15)16/h1-4,7,9,14H,5-6H2,(H,15,16).